The summed E-state index contributed by atoms with van der Waals surface area (Å²) in [4.78, 5) is 10.4. The molecule has 36 heavy (non-hydrogen) atoms. The van der Waals surface area contributed by atoms with Crippen molar-refractivity contribution < 1.29 is 0 Å². The lowest BCUT2D eigenvalue weighted by Crippen LogP contribution is -2.20. The monoisotopic (exact) mass is 509 g/mol. The van der Waals surface area contributed by atoms with Gasteiger partial charge in [-0.3, -0.25) is 4.40 Å². The van der Waals surface area contributed by atoms with Crippen molar-refractivity contribution >= 4 is 36.8 Å². The standard InChI is InChI=1S/C26H33N3.C2H7P.2C2H6/c1-10-17-13-18(25(4,5)6)14-20-22(17)23-27-19-11-15(2)16(3)12-21(19)29(23)24(28-20)26(7,8)9;1-2-3;2*1-2/h11-14H,10H2,1-9H3;2-3H2,1H3;2*1-2H3. The number of fused-ring (bicyclic) bond motifs is 5. The summed E-state index contributed by atoms with van der Waals surface area (Å²) in [5.41, 5.74) is 9.53. The molecule has 0 saturated heterocycles. The van der Waals surface area contributed by atoms with E-state index in [1.165, 1.54) is 33.8 Å². The topological polar surface area (TPSA) is 30.2 Å². The highest BCUT2D eigenvalue weighted by Crippen LogP contribution is 2.35. The summed E-state index contributed by atoms with van der Waals surface area (Å²) >= 11 is 0. The van der Waals surface area contributed by atoms with Gasteiger partial charge in [-0.05, 0) is 72.3 Å². The normalized spacial score (nSPS) is 11.4. The molecule has 0 fully saturated rings. The van der Waals surface area contributed by atoms with Crippen LogP contribution in [0.4, 0.5) is 0 Å². The zero-order valence-electron chi connectivity index (χ0n) is 25.6. The van der Waals surface area contributed by atoms with Crippen LogP contribution in [0.5, 0.6) is 0 Å². The number of aryl methyl sites for hydroxylation is 3. The SMILES string of the molecule is CC.CC.CCP.CCc1cc(C(C)(C)C)cc2nc(C(C)(C)C)n3c4cc(C)c(C)cc4nc3c12. The maximum Gasteiger partial charge on any atom is 0.149 e. The van der Waals surface area contributed by atoms with Crippen molar-refractivity contribution in [2.45, 2.75) is 114 Å². The third kappa shape index (κ3) is 6.65. The van der Waals surface area contributed by atoms with Crippen molar-refractivity contribution in [1.29, 1.82) is 0 Å². The van der Waals surface area contributed by atoms with Gasteiger partial charge >= 0.3 is 0 Å². The summed E-state index contributed by atoms with van der Waals surface area (Å²) in [6.07, 6.45) is 2.13. The average molecular weight is 510 g/mol. The van der Waals surface area contributed by atoms with E-state index >= 15 is 0 Å². The van der Waals surface area contributed by atoms with Crippen molar-refractivity contribution in [1.82, 2.24) is 14.4 Å². The second-order valence-corrected chi connectivity index (χ2v) is 11.7. The number of rotatable bonds is 1. The zero-order valence-corrected chi connectivity index (χ0v) is 26.8. The largest absolute Gasteiger partial charge is 0.279 e. The van der Waals surface area contributed by atoms with Gasteiger partial charge in [-0.15, -0.1) is 9.24 Å². The highest BCUT2D eigenvalue weighted by molar-refractivity contribution is 7.16. The van der Waals surface area contributed by atoms with Crippen LogP contribution < -0.4 is 0 Å². The highest BCUT2D eigenvalue weighted by atomic mass is 31.0. The van der Waals surface area contributed by atoms with E-state index in [9.17, 15) is 0 Å². The molecule has 2 aromatic heterocycles. The smallest absolute Gasteiger partial charge is 0.149 e. The molecule has 2 aromatic carbocycles. The van der Waals surface area contributed by atoms with E-state index in [1.54, 1.807) is 0 Å². The van der Waals surface area contributed by atoms with Crippen molar-refractivity contribution in [2.75, 3.05) is 6.16 Å². The van der Waals surface area contributed by atoms with Crippen molar-refractivity contribution in [3.8, 4) is 0 Å². The maximum atomic E-state index is 5.25. The molecule has 0 aliphatic rings. The summed E-state index contributed by atoms with van der Waals surface area (Å²) < 4.78 is 2.31. The maximum absolute atomic E-state index is 5.25. The molecule has 0 spiro atoms. The summed E-state index contributed by atoms with van der Waals surface area (Å²) in [6.45, 7) is 30.2. The molecule has 0 N–H and O–H groups in total. The first-order chi connectivity index (χ1) is 16.8. The van der Waals surface area contributed by atoms with Gasteiger partial charge in [0, 0.05) is 10.8 Å². The number of benzene rings is 2. The molecular weight excluding hydrogens is 457 g/mol. The van der Waals surface area contributed by atoms with E-state index in [1.807, 2.05) is 27.7 Å². The van der Waals surface area contributed by atoms with E-state index in [0.717, 1.165) is 34.4 Å². The van der Waals surface area contributed by atoms with Crippen LogP contribution in [-0.2, 0) is 17.3 Å². The quantitative estimate of drug-likeness (QED) is 0.239. The van der Waals surface area contributed by atoms with Gasteiger partial charge in [0.1, 0.15) is 11.5 Å². The number of hydrogen-bond acceptors (Lipinski definition) is 2. The summed E-state index contributed by atoms with van der Waals surface area (Å²) in [7, 11) is 2.58. The zero-order chi connectivity index (χ0) is 28.0. The summed E-state index contributed by atoms with van der Waals surface area (Å²) in [5.74, 6) is 1.07. The Morgan fingerprint density at radius 3 is 1.75 bits per heavy atom. The van der Waals surface area contributed by atoms with Crippen LogP contribution in [0.1, 0.15) is 111 Å². The van der Waals surface area contributed by atoms with E-state index < -0.39 is 0 Å². The van der Waals surface area contributed by atoms with E-state index in [2.05, 4.69) is 107 Å². The number of hydrogen-bond donors (Lipinski definition) is 0. The van der Waals surface area contributed by atoms with Crippen molar-refractivity contribution in [3.05, 3.63) is 52.3 Å². The molecule has 2 heterocycles. The van der Waals surface area contributed by atoms with Gasteiger partial charge in [0.25, 0.3) is 0 Å². The van der Waals surface area contributed by atoms with E-state index in [0.29, 0.717) is 0 Å². The van der Waals surface area contributed by atoms with Gasteiger partial charge in [-0.1, -0.05) is 89.2 Å². The second-order valence-electron chi connectivity index (χ2n) is 10.9. The molecular formula is C32H52N3P. The van der Waals surface area contributed by atoms with Gasteiger partial charge in [0.05, 0.1) is 16.6 Å². The Labute approximate surface area is 223 Å². The molecule has 4 heteroatoms. The Bertz CT molecular complexity index is 1280. The van der Waals surface area contributed by atoms with E-state index in [4.69, 9.17) is 9.97 Å². The fourth-order valence-electron chi connectivity index (χ4n) is 4.13. The summed E-state index contributed by atoms with van der Waals surface area (Å²) in [5, 5.41) is 1.19. The Hall–Kier alpha value is -1.99. The Morgan fingerprint density at radius 1 is 0.750 bits per heavy atom. The predicted molar refractivity (Wildman–Crippen MR) is 167 cm³/mol. The lowest BCUT2D eigenvalue weighted by Gasteiger charge is -2.24. The molecule has 1 atom stereocenters. The minimum atomic E-state index is -0.0943. The minimum Gasteiger partial charge on any atom is -0.279 e. The molecule has 0 saturated carbocycles. The first-order valence-electron chi connectivity index (χ1n) is 13.8. The third-order valence-corrected chi connectivity index (χ3v) is 6.05. The molecule has 0 aliphatic heterocycles. The van der Waals surface area contributed by atoms with Gasteiger partial charge in [0.15, 0.2) is 0 Å². The van der Waals surface area contributed by atoms with E-state index in [-0.39, 0.29) is 10.8 Å². The fourth-order valence-corrected chi connectivity index (χ4v) is 4.13. The third-order valence-electron chi connectivity index (χ3n) is 6.05. The fraction of sp³-hybridized carbons (Fsp3) is 0.562. The first kappa shape index (κ1) is 32.0. The number of nitrogens with zero attached hydrogens (tertiary/aromatic N) is 3. The molecule has 4 rings (SSSR count). The van der Waals surface area contributed by atoms with Gasteiger partial charge in [-0.2, -0.15) is 0 Å². The van der Waals surface area contributed by atoms with Crippen LogP contribution in [0, 0.1) is 13.8 Å². The molecule has 0 radical (unpaired) electrons. The average Bonchev–Trinajstić information content (AvgIpc) is 3.17. The molecule has 0 amide bonds. The molecule has 200 valence electrons. The van der Waals surface area contributed by atoms with Crippen LogP contribution in [-0.4, -0.2) is 20.5 Å². The minimum absolute atomic E-state index is 0.0855. The molecule has 1 unspecified atom stereocenters. The second kappa shape index (κ2) is 13.0. The highest BCUT2D eigenvalue weighted by Gasteiger charge is 2.26. The first-order valence-corrected chi connectivity index (χ1v) is 14.6. The predicted octanol–water partition coefficient (Wildman–Crippen LogP) is 9.74. The van der Waals surface area contributed by atoms with Crippen molar-refractivity contribution in [3.63, 3.8) is 0 Å². The molecule has 4 aromatic rings. The Balaban J connectivity index is 0.000000844. The number of aromatic nitrogens is 3. The Morgan fingerprint density at radius 2 is 1.28 bits per heavy atom. The van der Waals surface area contributed by atoms with Crippen LogP contribution in [0.3, 0.4) is 0 Å². The molecule has 0 bridgehead atoms. The van der Waals surface area contributed by atoms with Gasteiger partial charge in [-0.25, -0.2) is 9.97 Å². The molecule has 3 nitrogen and oxygen atoms in total. The van der Waals surface area contributed by atoms with Crippen LogP contribution in [0.15, 0.2) is 24.3 Å². The lowest BCUT2D eigenvalue weighted by atomic mass is 9.84. The van der Waals surface area contributed by atoms with Crippen LogP contribution in [0.2, 0.25) is 0 Å². The Kier molecular flexibility index (Phi) is 11.6. The molecule has 0 aliphatic carbocycles. The lowest BCUT2D eigenvalue weighted by molar-refractivity contribution is 0.542. The number of imidazole rings is 1. The summed E-state index contributed by atoms with van der Waals surface area (Å²) in [6, 6.07) is 9.11. The van der Waals surface area contributed by atoms with Gasteiger partial charge < -0.3 is 0 Å². The van der Waals surface area contributed by atoms with Crippen molar-refractivity contribution in [2.24, 2.45) is 0 Å². The van der Waals surface area contributed by atoms with Crippen LogP contribution >= 0.6 is 9.24 Å². The van der Waals surface area contributed by atoms with Gasteiger partial charge in [0.2, 0.25) is 0 Å². The van der Waals surface area contributed by atoms with Crippen LogP contribution in [0.25, 0.3) is 27.6 Å².